The minimum absolute atomic E-state index is 0.0152. The SMILES string of the molecule is C[C@]12C=CC(=O)C=C1CC[C@@H]1[C@@H]2[C@@H](O)C[C@@]2(C)[C@H]1C[C@H]1C(C(=O)O)=NO[C@]12C(=O)CO. The van der Waals surface area contributed by atoms with E-state index in [1.54, 1.807) is 12.2 Å². The van der Waals surface area contributed by atoms with E-state index in [1.807, 2.05) is 13.0 Å². The molecule has 166 valence electrons. The van der Waals surface area contributed by atoms with Gasteiger partial charge in [-0.2, -0.15) is 0 Å². The number of carbonyl (C=O) groups is 3. The number of aliphatic carboxylic acids is 1. The molecule has 0 unspecified atom stereocenters. The zero-order valence-corrected chi connectivity index (χ0v) is 17.6. The largest absolute Gasteiger partial charge is 0.477 e. The van der Waals surface area contributed by atoms with Crippen molar-refractivity contribution < 1.29 is 34.5 Å². The molecule has 0 saturated heterocycles. The molecule has 3 fully saturated rings. The molecule has 31 heavy (non-hydrogen) atoms. The normalized spacial score (nSPS) is 47.4. The number of oxime groups is 1. The van der Waals surface area contributed by atoms with E-state index < -0.39 is 46.8 Å². The van der Waals surface area contributed by atoms with Crippen molar-refractivity contribution in [1.82, 2.24) is 0 Å². The molecule has 0 amide bonds. The van der Waals surface area contributed by atoms with Crippen molar-refractivity contribution in [2.75, 3.05) is 6.61 Å². The molecule has 0 aromatic rings. The third kappa shape index (κ3) is 2.32. The minimum Gasteiger partial charge on any atom is -0.477 e. The predicted octanol–water partition coefficient (Wildman–Crippen LogP) is 1.26. The first kappa shape index (κ1) is 20.6. The summed E-state index contributed by atoms with van der Waals surface area (Å²) in [5.41, 5.74) is -2.08. The van der Waals surface area contributed by atoms with Gasteiger partial charge in [0.25, 0.3) is 0 Å². The van der Waals surface area contributed by atoms with Gasteiger partial charge in [-0.3, -0.25) is 9.59 Å². The van der Waals surface area contributed by atoms with E-state index in [4.69, 9.17) is 4.84 Å². The summed E-state index contributed by atoms with van der Waals surface area (Å²) >= 11 is 0. The average molecular weight is 429 g/mol. The third-order valence-corrected chi connectivity index (χ3v) is 9.11. The van der Waals surface area contributed by atoms with Gasteiger partial charge >= 0.3 is 5.97 Å². The summed E-state index contributed by atoms with van der Waals surface area (Å²) < 4.78 is 0. The molecule has 3 N–H and O–H groups in total. The smallest absolute Gasteiger partial charge is 0.354 e. The summed E-state index contributed by atoms with van der Waals surface area (Å²) in [6.45, 7) is 3.15. The highest BCUT2D eigenvalue weighted by Crippen LogP contribution is 2.70. The zero-order valence-electron chi connectivity index (χ0n) is 17.6. The maximum Gasteiger partial charge on any atom is 0.354 e. The van der Waals surface area contributed by atoms with Crippen LogP contribution in [0.3, 0.4) is 0 Å². The average Bonchev–Trinajstić information content (AvgIpc) is 3.21. The molecule has 0 spiro atoms. The van der Waals surface area contributed by atoms with Crippen LogP contribution in [0.5, 0.6) is 0 Å². The maximum atomic E-state index is 13.1. The standard InChI is InChI=1S/C23H27NO7/c1-21-6-5-12(26)7-11(21)3-4-13-14-8-15-19(20(29)30)24-31-23(15,17(28)10-25)22(14,2)9-16(27)18(13)21/h5-7,13-16,18,25,27H,3-4,8-10H2,1-2H3,(H,29,30)/t13-,14-,15-,16-,18+,21-,22-,23-/m0/s1. The van der Waals surface area contributed by atoms with Gasteiger partial charge in [0.2, 0.25) is 11.4 Å². The molecule has 5 rings (SSSR count). The highest BCUT2D eigenvalue weighted by molar-refractivity contribution is 6.38. The van der Waals surface area contributed by atoms with Crippen LogP contribution in [0.4, 0.5) is 0 Å². The number of carboxylic acids is 1. The number of carboxylic acid groups (broad SMARTS) is 1. The number of hydrogen-bond donors (Lipinski definition) is 3. The molecule has 1 aliphatic heterocycles. The van der Waals surface area contributed by atoms with E-state index in [2.05, 4.69) is 12.1 Å². The molecule has 0 radical (unpaired) electrons. The fourth-order valence-electron chi connectivity index (χ4n) is 7.88. The number of fused-ring (bicyclic) bond motifs is 7. The third-order valence-electron chi connectivity index (χ3n) is 9.11. The quantitative estimate of drug-likeness (QED) is 0.615. The van der Waals surface area contributed by atoms with Crippen molar-refractivity contribution in [2.24, 2.45) is 39.7 Å². The predicted molar refractivity (Wildman–Crippen MR) is 108 cm³/mol. The summed E-state index contributed by atoms with van der Waals surface area (Å²) in [6.07, 6.45) is 6.43. The number of Topliss-reactive ketones (excluding diaryl/α,β-unsaturated/α-hetero) is 1. The monoisotopic (exact) mass is 429 g/mol. The van der Waals surface area contributed by atoms with E-state index in [9.17, 15) is 29.7 Å². The number of rotatable bonds is 3. The molecule has 0 bridgehead atoms. The van der Waals surface area contributed by atoms with Crippen LogP contribution in [0.2, 0.25) is 0 Å². The Balaban J connectivity index is 1.61. The Morgan fingerprint density at radius 2 is 2.06 bits per heavy atom. The van der Waals surface area contributed by atoms with E-state index >= 15 is 0 Å². The summed E-state index contributed by atoms with van der Waals surface area (Å²) in [7, 11) is 0. The molecule has 8 heteroatoms. The van der Waals surface area contributed by atoms with E-state index in [1.165, 1.54) is 0 Å². The Morgan fingerprint density at radius 1 is 1.32 bits per heavy atom. The van der Waals surface area contributed by atoms with Crippen molar-refractivity contribution in [3.8, 4) is 0 Å². The van der Waals surface area contributed by atoms with Crippen LogP contribution in [0, 0.1) is 34.5 Å². The highest BCUT2D eigenvalue weighted by Gasteiger charge is 2.76. The van der Waals surface area contributed by atoms with Crippen LogP contribution in [0.25, 0.3) is 0 Å². The zero-order chi connectivity index (χ0) is 22.3. The number of carbonyl (C=O) groups excluding carboxylic acids is 2. The molecule has 3 saturated carbocycles. The van der Waals surface area contributed by atoms with Crippen LogP contribution in [-0.4, -0.2) is 56.9 Å². The van der Waals surface area contributed by atoms with E-state index in [-0.39, 0.29) is 35.7 Å². The number of allylic oxidation sites excluding steroid dienone is 4. The first-order valence-electron chi connectivity index (χ1n) is 10.9. The Labute approximate surface area is 179 Å². The van der Waals surface area contributed by atoms with Gasteiger partial charge in [0, 0.05) is 16.7 Å². The lowest BCUT2D eigenvalue weighted by Crippen LogP contribution is -2.63. The Bertz CT molecular complexity index is 982. The van der Waals surface area contributed by atoms with Gasteiger partial charge in [0.1, 0.15) is 6.61 Å². The van der Waals surface area contributed by atoms with Crippen molar-refractivity contribution in [2.45, 2.75) is 51.2 Å². The van der Waals surface area contributed by atoms with Gasteiger partial charge < -0.3 is 20.2 Å². The number of aliphatic hydroxyl groups is 2. The minimum atomic E-state index is -1.58. The fourth-order valence-corrected chi connectivity index (χ4v) is 7.88. The van der Waals surface area contributed by atoms with Gasteiger partial charge in [-0.25, -0.2) is 4.79 Å². The fraction of sp³-hybridized carbons (Fsp3) is 0.652. The molecule has 5 aliphatic rings. The molecular weight excluding hydrogens is 402 g/mol. The molecule has 8 atom stereocenters. The van der Waals surface area contributed by atoms with E-state index in [0.29, 0.717) is 12.8 Å². The number of hydrogen-bond acceptors (Lipinski definition) is 7. The van der Waals surface area contributed by atoms with Gasteiger partial charge in [0.15, 0.2) is 11.5 Å². The number of nitrogens with zero attached hydrogens (tertiary/aromatic N) is 1. The van der Waals surface area contributed by atoms with Crippen molar-refractivity contribution in [3.05, 3.63) is 23.8 Å². The maximum absolute atomic E-state index is 13.1. The summed E-state index contributed by atoms with van der Waals surface area (Å²) in [5, 5.41) is 34.6. The first-order chi connectivity index (χ1) is 14.6. The van der Waals surface area contributed by atoms with Crippen LogP contribution in [-0.2, 0) is 19.2 Å². The van der Waals surface area contributed by atoms with Crippen LogP contribution < -0.4 is 0 Å². The van der Waals surface area contributed by atoms with Gasteiger partial charge in [-0.1, -0.05) is 30.7 Å². The second-order valence-corrected chi connectivity index (χ2v) is 10.2. The van der Waals surface area contributed by atoms with Crippen molar-refractivity contribution >= 4 is 23.2 Å². The second-order valence-electron chi connectivity index (χ2n) is 10.2. The van der Waals surface area contributed by atoms with Gasteiger partial charge in [0.05, 0.1) is 12.0 Å². The molecule has 4 aliphatic carbocycles. The summed E-state index contributed by atoms with van der Waals surface area (Å²) in [6, 6.07) is 0. The van der Waals surface area contributed by atoms with Gasteiger partial charge in [-0.15, -0.1) is 0 Å². The van der Waals surface area contributed by atoms with Crippen molar-refractivity contribution in [1.29, 1.82) is 0 Å². The van der Waals surface area contributed by atoms with E-state index in [0.717, 1.165) is 12.0 Å². The Morgan fingerprint density at radius 3 is 2.74 bits per heavy atom. The number of aliphatic hydroxyl groups excluding tert-OH is 2. The molecule has 1 heterocycles. The molecular formula is C23H27NO7. The topological polar surface area (TPSA) is 133 Å². The molecule has 8 nitrogen and oxygen atoms in total. The Kier molecular flexibility index (Phi) is 4.22. The summed E-state index contributed by atoms with van der Waals surface area (Å²) in [4.78, 5) is 42.5. The highest BCUT2D eigenvalue weighted by atomic mass is 16.7. The summed E-state index contributed by atoms with van der Waals surface area (Å²) in [5.74, 6) is -2.85. The molecule has 0 aromatic carbocycles. The number of ketones is 2. The first-order valence-corrected chi connectivity index (χ1v) is 10.9. The van der Waals surface area contributed by atoms with Crippen LogP contribution in [0.1, 0.15) is 39.5 Å². The molecule has 0 aromatic heterocycles. The van der Waals surface area contributed by atoms with Crippen molar-refractivity contribution in [3.63, 3.8) is 0 Å². The second kappa shape index (κ2) is 6.36. The lowest BCUT2D eigenvalue weighted by atomic mass is 9.46. The van der Waals surface area contributed by atoms with Gasteiger partial charge in [-0.05, 0) is 49.7 Å². The lowest BCUT2D eigenvalue weighted by molar-refractivity contribution is -0.192. The lowest BCUT2D eigenvalue weighted by Gasteiger charge is -2.59. The Hall–Kier alpha value is -2.32. The van der Waals surface area contributed by atoms with Crippen LogP contribution >= 0.6 is 0 Å². The van der Waals surface area contributed by atoms with Crippen LogP contribution in [0.15, 0.2) is 29.0 Å².